The standard InChI is InChI=1S/C26H31N3/c1-21(2)14-16-28(19-25-8-5-4-7-24(25)17-27)20-26-9-6-15-29(26)18-23-12-10-22(3)11-13-23/h4-13,15,21H,14,16,18-20H2,1-3H3/p+1. The van der Waals surface area contributed by atoms with Crippen LogP contribution in [0.3, 0.4) is 0 Å². The fraction of sp³-hybridized carbons (Fsp3) is 0.346. The van der Waals surface area contributed by atoms with Crippen molar-refractivity contribution in [3.8, 4) is 6.07 Å². The van der Waals surface area contributed by atoms with Crippen LogP contribution in [0, 0.1) is 24.2 Å². The first kappa shape index (κ1) is 20.9. The van der Waals surface area contributed by atoms with Crippen LogP contribution in [0.4, 0.5) is 0 Å². The molecule has 3 nitrogen and oxygen atoms in total. The van der Waals surface area contributed by atoms with Gasteiger partial charge in [-0.1, -0.05) is 61.9 Å². The minimum Gasteiger partial charge on any atom is -0.342 e. The van der Waals surface area contributed by atoms with Crippen molar-refractivity contribution in [2.75, 3.05) is 6.54 Å². The molecule has 29 heavy (non-hydrogen) atoms. The van der Waals surface area contributed by atoms with Crippen LogP contribution >= 0.6 is 0 Å². The average Bonchev–Trinajstić information content (AvgIpc) is 3.14. The number of quaternary nitrogens is 1. The minimum absolute atomic E-state index is 0.676. The summed E-state index contributed by atoms with van der Waals surface area (Å²) in [6.07, 6.45) is 3.36. The quantitative estimate of drug-likeness (QED) is 0.583. The lowest BCUT2D eigenvalue weighted by molar-refractivity contribution is -0.928. The van der Waals surface area contributed by atoms with E-state index in [4.69, 9.17) is 0 Å². The number of hydrogen-bond donors (Lipinski definition) is 1. The van der Waals surface area contributed by atoms with Gasteiger partial charge in [0.25, 0.3) is 0 Å². The van der Waals surface area contributed by atoms with Crippen molar-refractivity contribution in [3.05, 3.63) is 94.8 Å². The van der Waals surface area contributed by atoms with Crippen LogP contribution in [-0.2, 0) is 19.6 Å². The molecule has 1 aromatic heterocycles. The van der Waals surface area contributed by atoms with E-state index in [1.165, 1.54) is 28.1 Å². The summed E-state index contributed by atoms with van der Waals surface area (Å²) < 4.78 is 2.36. The van der Waals surface area contributed by atoms with Crippen LogP contribution < -0.4 is 4.90 Å². The highest BCUT2D eigenvalue weighted by Gasteiger charge is 2.16. The van der Waals surface area contributed by atoms with Gasteiger partial charge in [-0.15, -0.1) is 0 Å². The molecule has 3 rings (SSSR count). The molecule has 0 bridgehead atoms. The number of nitriles is 1. The van der Waals surface area contributed by atoms with Gasteiger partial charge in [-0.05, 0) is 43.0 Å². The van der Waals surface area contributed by atoms with Crippen LogP contribution in [0.15, 0.2) is 66.9 Å². The first-order chi connectivity index (χ1) is 14.0. The van der Waals surface area contributed by atoms with Crippen LogP contribution in [0.25, 0.3) is 0 Å². The van der Waals surface area contributed by atoms with Crippen molar-refractivity contribution >= 4 is 0 Å². The van der Waals surface area contributed by atoms with Crippen molar-refractivity contribution in [3.63, 3.8) is 0 Å². The predicted octanol–water partition coefficient (Wildman–Crippen LogP) is 4.35. The monoisotopic (exact) mass is 386 g/mol. The van der Waals surface area contributed by atoms with Crippen LogP contribution in [0.1, 0.15) is 48.2 Å². The molecule has 3 aromatic rings. The van der Waals surface area contributed by atoms with Gasteiger partial charge in [-0.2, -0.15) is 5.26 Å². The molecule has 2 aromatic carbocycles. The fourth-order valence-corrected chi connectivity index (χ4v) is 3.70. The van der Waals surface area contributed by atoms with Crippen molar-refractivity contribution in [1.29, 1.82) is 5.26 Å². The summed E-state index contributed by atoms with van der Waals surface area (Å²) in [6.45, 7) is 10.5. The Bertz CT molecular complexity index is 945. The highest BCUT2D eigenvalue weighted by molar-refractivity contribution is 5.36. The Kier molecular flexibility index (Phi) is 7.27. The summed E-state index contributed by atoms with van der Waals surface area (Å²) in [5.41, 5.74) is 5.90. The molecular formula is C26H32N3+. The molecule has 1 heterocycles. The van der Waals surface area contributed by atoms with Gasteiger partial charge in [0.1, 0.15) is 13.1 Å². The summed E-state index contributed by atoms with van der Waals surface area (Å²) in [4.78, 5) is 1.50. The molecule has 150 valence electrons. The third kappa shape index (κ3) is 6.07. The summed E-state index contributed by atoms with van der Waals surface area (Å²) in [5, 5.41) is 9.47. The first-order valence-electron chi connectivity index (χ1n) is 10.6. The van der Waals surface area contributed by atoms with Gasteiger partial charge in [0.15, 0.2) is 0 Å². The van der Waals surface area contributed by atoms with Gasteiger partial charge in [0, 0.05) is 18.3 Å². The van der Waals surface area contributed by atoms with Crippen LogP contribution in [0.5, 0.6) is 0 Å². The average molecular weight is 387 g/mol. The lowest BCUT2D eigenvalue weighted by Gasteiger charge is -2.22. The molecule has 3 heteroatoms. The number of rotatable bonds is 9. The highest BCUT2D eigenvalue weighted by Crippen LogP contribution is 2.10. The highest BCUT2D eigenvalue weighted by atomic mass is 15.1. The number of aromatic nitrogens is 1. The zero-order valence-corrected chi connectivity index (χ0v) is 17.9. The summed E-state index contributed by atoms with van der Waals surface area (Å²) >= 11 is 0. The number of nitrogens with one attached hydrogen (secondary N) is 1. The van der Waals surface area contributed by atoms with E-state index in [2.05, 4.69) is 80.1 Å². The lowest BCUT2D eigenvalue weighted by atomic mass is 10.1. The molecule has 1 atom stereocenters. The van der Waals surface area contributed by atoms with E-state index in [1.54, 1.807) is 0 Å². The second kappa shape index (κ2) is 10.1. The van der Waals surface area contributed by atoms with Gasteiger partial charge < -0.3 is 9.47 Å². The number of aryl methyl sites for hydroxylation is 1. The maximum Gasteiger partial charge on any atom is 0.118 e. The van der Waals surface area contributed by atoms with Crippen LogP contribution in [-0.4, -0.2) is 11.1 Å². The normalized spacial score (nSPS) is 12.1. The van der Waals surface area contributed by atoms with Crippen molar-refractivity contribution in [2.24, 2.45) is 5.92 Å². The molecule has 1 unspecified atom stereocenters. The summed E-state index contributed by atoms with van der Waals surface area (Å²) in [6, 6.07) is 23.5. The fourth-order valence-electron chi connectivity index (χ4n) is 3.70. The Morgan fingerprint density at radius 1 is 0.966 bits per heavy atom. The molecule has 0 saturated carbocycles. The maximum absolute atomic E-state index is 9.47. The van der Waals surface area contributed by atoms with E-state index in [0.717, 1.165) is 37.3 Å². The van der Waals surface area contributed by atoms with Gasteiger partial charge in [0.05, 0.1) is 23.9 Å². The molecule has 0 spiro atoms. The Morgan fingerprint density at radius 2 is 1.72 bits per heavy atom. The molecule has 0 amide bonds. The topological polar surface area (TPSA) is 33.2 Å². The molecule has 0 aliphatic heterocycles. The zero-order chi connectivity index (χ0) is 20.6. The van der Waals surface area contributed by atoms with Crippen molar-refractivity contribution in [1.82, 2.24) is 4.57 Å². The van der Waals surface area contributed by atoms with E-state index in [-0.39, 0.29) is 0 Å². The third-order valence-corrected chi connectivity index (χ3v) is 5.48. The molecular weight excluding hydrogens is 354 g/mol. The van der Waals surface area contributed by atoms with Crippen molar-refractivity contribution in [2.45, 2.75) is 46.8 Å². The van der Waals surface area contributed by atoms with E-state index < -0.39 is 0 Å². The Balaban J connectivity index is 1.76. The predicted molar refractivity (Wildman–Crippen MR) is 119 cm³/mol. The molecule has 0 saturated heterocycles. The molecule has 0 radical (unpaired) electrons. The largest absolute Gasteiger partial charge is 0.342 e. The Hall–Kier alpha value is -2.83. The van der Waals surface area contributed by atoms with E-state index >= 15 is 0 Å². The zero-order valence-electron chi connectivity index (χ0n) is 17.9. The van der Waals surface area contributed by atoms with Gasteiger partial charge in [0.2, 0.25) is 0 Å². The van der Waals surface area contributed by atoms with Gasteiger partial charge >= 0.3 is 0 Å². The third-order valence-electron chi connectivity index (χ3n) is 5.48. The Labute approximate surface area is 175 Å². The number of nitrogens with zero attached hydrogens (tertiary/aromatic N) is 2. The van der Waals surface area contributed by atoms with Gasteiger partial charge in [-0.25, -0.2) is 0 Å². The maximum atomic E-state index is 9.47. The minimum atomic E-state index is 0.676. The number of benzene rings is 2. The van der Waals surface area contributed by atoms with E-state index in [9.17, 15) is 5.26 Å². The molecule has 0 aliphatic carbocycles. The number of hydrogen-bond acceptors (Lipinski definition) is 1. The smallest absolute Gasteiger partial charge is 0.118 e. The second-order valence-corrected chi connectivity index (χ2v) is 8.42. The first-order valence-corrected chi connectivity index (χ1v) is 10.6. The molecule has 1 N–H and O–H groups in total. The SMILES string of the molecule is Cc1ccc(Cn2cccc2C[NH+](CCC(C)C)Cc2ccccc2C#N)cc1. The van der Waals surface area contributed by atoms with E-state index in [0.29, 0.717) is 5.92 Å². The van der Waals surface area contributed by atoms with E-state index in [1.807, 2.05) is 18.2 Å². The summed E-state index contributed by atoms with van der Waals surface area (Å²) in [7, 11) is 0. The summed E-state index contributed by atoms with van der Waals surface area (Å²) in [5.74, 6) is 0.676. The second-order valence-electron chi connectivity index (χ2n) is 8.42. The van der Waals surface area contributed by atoms with Crippen molar-refractivity contribution < 1.29 is 4.90 Å². The molecule has 0 aliphatic rings. The molecule has 0 fully saturated rings. The lowest BCUT2D eigenvalue weighted by Crippen LogP contribution is -3.09. The van der Waals surface area contributed by atoms with Crippen LogP contribution in [0.2, 0.25) is 0 Å². The Morgan fingerprint density at radius 3 is 2.45 bits per heavy atom. The van der Waals surface area contributed by atoms with Gasteiger partial charge in [-0.3, -0.25) is 0 Å².